The van der Waals surface area contributed by atoms with Crippen LogP contribution >= 0.6 is 0 Å². The summed E-state index contributed by atoms with van der Waals surface area (Å²) in [6.45, 7) is 0.887. The third-order valence-electron chi connectivity index (χ3n) is 4.02. The first kappa shape index (κ1) is 19.8. The van der Waals surface area contributed by atoms with Crippen LogP contribution in [0.1, 0.15) is 30.1 Å². The van der Waals surface area contributed by atoms with Crippen LogP contribution in [-0.2, 0) is 16.1 Å². The number of benzene rings is 2. The molecule has 2 rings (SSSR count). The van der Waals surface area contributed by atoms with Gasteiger partial charge in [0.05, 0.1) is 25.2 Å². The number of aliphatic carboxylic acids is 1. The Morgan fingerprint density at radius 3 is 2.42 bits per heavy atom. The largest absolute Gasteiger partial charge is 0.481 e. The molecule has 0 fully saturated rings. The topological polar surface area (TPSA) is 66.8 Å². The summed E-state index contributed by atoms with van der Waals surface area (Å²) in [7, 11) is 0. The van der Waals surface area contributed by atoms with Crippen LogP contribution < -0.4 is 0 Å². The quantitative estimate of drug-likeness (QED) is 0.495. The van der Waals surface area contributed by atoms with Crippen molar-refractivity contribution in [3.63, 3.8) is 0 Å². The molecule has 0 amide bonds. The van der Waals surface area contributed by atoms with Gasteiger partial charge in [-0.2, -0.15) is 0 Å². The highest BCUT2D eigenvalue weighted by Crippen LogP contribution is 2.24. The highest BCUT2D eigenvalue weighted by molar-refractivity contribution is 5.70. The Bertz CT molecular complexity index is 698. The van der Waals surface area contributed by atoms with Crippen molar-refractivity contribution in [1.29, 1.82) is 0 Å². The molecule has 2 aromatic rings. The first-order valence-electron chi connectivity index (χ1n) is 8.49. The fraction of sp³-hybridized carbons (Fsp3) is 0.286. The first-order chi connectivity index (χ1) is 12.6. The molecule has 0 bridgehead atoms. The molecule has 138 valence electrons. The van der Waals surface area contributed by atoms with Crippen molar-refractivity contribution in [1.82, 2.24) is 0 Å². The normalized spacial score (nSPS) is 13.6. The van der Waals surface area contributed by atoms with Gasteiger partial charge in [-0.05, 0) is 36.1 Å². The van der Waals surface area contributed by atoms with E-state index in [4.69, 9.17) is 4.74 Å². The number of hydrogen-bond donors (Lipinski definition) is 2. The van der Waals surface area contributed by atoms with E-state index in [-0.39, 0.29) is 6.42 Å². The molecule has 2 aromatic carbocycles. The van der Waals surface area contributed by atoms with Crippen molar-refractivity contribution >= 4 is 5.97 Å². The second-order valence-electron chi connectivity index (χ2n) is 6.05. The molecule has 2 atom stereocenters. The summed E-state index contributed by atoms with van der Waals surface area (Å²) < 4.78 is 18.4. The molecule has 0 aromatic heterocycles. The van der Waals surface area contributed by atoms with Gasteiger partial charge < -0.3 is 14.9 Å². The fourth-order valence-corrected chi connectivity index (χ4v) is 2.54. The van der Waals surface area contributed by atoms with Crippen LogP contribution in [0.2, 0.25) is 0 Å². The van der Waals surface area contributed by atoms with Gasteiger partial charge >= 0.3 is 5.97 Å². The highest BCUT2D eigenvalue weighted by atomic mass is 19.1. The van der Waals surface area contributed by atoms with Crippen LogP contribution in [0.5, 0.6) is 0 Å². The monoisotopic (exact) mass is 358 g/mol. The van der Waals surface area contributed by atoms with E-state index in [0.717, 1.165) is 5.56 Å². The van der Waals surface area contributed by atoms with Crippen molar-refractivity contribution in [2.24, 2.45) is 5.92 Å². The molecule has 0 aliphatic carbocycles. The number of allylic oxidation sites excluding steroid dienone is 1. The van der Waals surface area contributed by atoms with E-state index >= 15 is 0 Å². The van der Waals surface area contributed by atoms with Gasteiger partial charge in [0.2, 0.25) is 0 Å². The van der Waals surface area contributed by atoms with Crippen LogP contribution in [0.25, 0.3) is 0 Å². The maximum absolute atomic E-state index is 12.9. The molecule has 0 saturated carbocycles. The lowest BCUT2D eigenvalue weighted by Crippen LogP contribution is -2.16. The van der Waals surface area contributed by atoms with Gasteiger partial charge in [-0.15, -0.1) is 0 Å². The highest BCUT2D eigenvalue weighted by Gasteiger charge is 2.21. The van der Waals surface area contributed by atoms with Crippen molar-refractivity contribution < 1.29 is 24.1 Å². The number of carboxylic acids is 1. The number of ether oxygens (including phenoxy) is 1. The molecule has 0 radical (unpaired) electrons. The molecule has 2 N–H and O–H groups in total. The van der Waals surface area contributed by atoms with E-state index in [0.29, 0.717) is 25.2 Å². The van der Waals surface area contributed by atoms with Gasteiger partial charge in [-0.1, -0.05) is 54.6 Å². The number of carboxylic acid groups (broad SMARTS) is 1. The van der Waals surface area contributed by atoms with Gasteiger partial charge in [0.15, 0.2) is 0 Å². The minimum absolute atomic E-state index is 0.0657. The van der Waals surface area contributed by atoms with Crippen LogP contribution in [0.15, 0.2) is 66.7 Å². The number of aliphatic hydroxyl groups excluding tert-OH is 1. The molecule has 26 heavy (non-hydrogen) atoms. The zero-order valence-electron chi connectivity index (χ0n) is 14.4. The SMILES string of the molecule is O=C(O)C(C/C=C\COCc1ccccc1)C[C@@H](O)c1ccc(F)cc1. The molecular weight excluding hydrogens is 335 g/mol. The predicted molar refractivity (Wildman–Crippen MR) is 97.0 cm³/mol. The Kier molecular flexibility index (Phi) is 7.99. The summed E-state index contributed by atoms with van der Waals surface area (Å²) in [5, 5.41) is 19.5. The zero-order valence-corrected chi connectivity index (χ0v) is 14.4. The summed E-state index contributed by atoms with van der Waals surface area (Å²) in [5.74, 6) is -2.09. The number of carbonyl (C=O) groups is 1. The van der Waals surface area contributed by atoms with Gasteiger partial charge in [0, 0.05) is 0 Å². The second kappa shape index (κ2) is 10.5. The summed E-state index contributed by atoms with van der Waals surface area (Å²) in [6.07, 6.45) is 2.95. The Morgan fingerprint density at radius 1 is 1.08 bits per heavy atom. The minimum atomic E-state index is -0.971. The Hall–Kier alpha value is -2.50. The smallest absolute Gasteiger partial charge is 0.306 e. The van der Waals surface area contributed by atoms with Crippen molar-refractivity contribution in [3.05, 3.63) is 83.7 Å². The van der Waals surface area contributed by atoms with E-state index in [1.165, 1.54) is 24.3 Å². The molecule has 4 nitrogen and oxygen atoms in total. The molecule has 0 spiro atoms. The van der Waals surface area contributed by atoms with Gasteiger partial charge in [0.25, 0.3) is 0 Å². The number of halogens is 1. The molecule has 1 unspecified atom stereocenters. The summed E-state index contributed by atoms with van der Waals surface area (Å²) in [5.41, 5.74) is 1.58. The molecular formula is C21H23FO4. The van der Waals surface area contributed by atoms with E-state index in [1.807, 2.05) is 30.3 Å². The predicted octanol–water partition coefficient (Wildman–Crippen LogP) is 4.11. The van der Waals surface area contributed by atoms with E-state index in [9.17, 15) is 19.4 Å². The average molecular weight is 358 g/mol. The summed E-state index contributed by atoms with van der Waals surface area (Å²) in [4.78, 5) is 11.4. The number of hydrogen-bond acceptors (Lipinski definition) is 3. The van der Waals surface area contributed by atoms with Gasteiger partial charge in [-0.3, -0.25) is 4.79 Å². The van der Waals surface area contributed by atoms with Crippen LogP contribution in [-0.4, -0.2) is 22.8 Å². The lowest BCUT2D eigenvalue weighted by atomic mass is 9.94. The van der Waals surface area contributed by atoms with Crippen molar-refractivity contribution in [3.8, 4) is 0 Å². The van der Waals surface area contributed by atoms with E-state index < -0.39 is 23.8 Å². The first-order valence-corrected chi connectivity index (χ1v) is 8.49. The second-order valence-corrected chi connectivity index (χ2v) is 6.05. The number of rotatable bonds is 10. The Labute approximate surface area is 152 Å². The molecule has 0 aliphatic rings. The average Bonchev–Trinajstić information content (AvgIpc) is 2.64. The minimum Gasteiger partial charge on any atom is -0.481 e. The summed E-state index contributed by atoms with van der Waals surface area (Å²) in [6, 6.07) is 15.2. The zero-order chi connectivity index (χ0) is 18.8. The van der Waals surface area contributed by atoms with Gasteiger partial charge in [-0.25, -0.2) is 4.39 Å². The van der Waals surface area contributed by atoms with E-state index in [1.54, 1.807) is 12.2 Å². The fourth-order valence-electron chi connectivity index (χ4n) is 2.54. The van der Waals surface area contributed by atoms with Gasteiger partial charge in [0.1, 0.15) is 5.82 Å². The van der Waals surface area contributed by atoms with Crippen molar-refractivity contribution in [2.45, 2.75) is 25.6 Å². The van der Waals surface area contributed by atoms with Crippen LogP contribution in [0, 0.1) is 11.7 Å². The Balaban J connectivity index is 1.76. The van der Waals surface area contributed by atoms with Crippen LogP contribution in [0.4, 0.5) is 4.39 Å². The Morgan fingerprint density at radius 2 is 1.77 bits per heavy atom. The molecule has 0 saturated heterocycles. The molecule has 5 heteroatoms. The number of aliphatic hydroxyl groups is 1. The maximum atomic E-state index is 12.9. The van der Waals surface area contributed by atoms with E-state index in [2.05, 4.69) is 0 Å². The lowest BCUT2D eigenvalue weighted by molar-refractivity contribution is -0.142. The van der Waals surface area contributed by atoms with Crippen molar-refractivity contribution in [2.75, 3.05) is 6.61 Å². The maximum Gasteiger partial charge on any atom is 0.306 e. The molecule has 0 aliphatic heterocycles. The van der Waals surface area contributed by atoms with Crippen LogP contribution in [0.3, 0.4) is 0 Å². The summed E-state index contributed by atoms with van der Waals surface area (Å²) >= 11 is 0. The standard InChI is InChI=1S/C21H23FO4/c22-19-11-9-17(10-12-19)20(23)14-18(21(24)25)8-4-5-13-26-15-16-6-2-1-3-7-16/h1-7,9-12,18,20,23H,8,13-15H2,(H,24,25)/b5-4-/t18?,20-/m1/s1. The third kappa shape index (κ3) is 6.78. The third-order valence-corrected chi connectivity index (χ3v) is 4.02. The lowest BCUT2D eigenvalue weighted by Gasteiger charge is -2.16. The molecule has 0 heterocycles.